The molecule has 0 unspecified atom stereocenters. The first-order valence-corrected chi connectivity index (χ1v) is 5.39. The minimum Gasteiger partial charge on any atom is -0.491 e. The Bertz CT molecular complexity index is 334. The van der Waals surface area contributed by atoms with Gasteiger partial charge in [-0.3, -0.25) is 4.79 Å². The Balaban J connectivity index is 2.70. The van der Waals surface area contributed by atoms with E-state index >= 15 is 0 Å². The monoisotopic (exact) mass is 226 g/mol. The van der Waals surface area contributed by atoms with Crippen LogP contribution in [0.3, 0.4) is 0 Å². The molecule has 0 radical (unpaired) electrons. The predicted molar refractivity (Wildman–Crippen MR) is 61.8 cm³/mol. The Morgan fingerprint density at radius 1 is 1.47 bits per heavy atom. The maximum atomic E-state index is 10.7. The Kier molecular flexibility index (Phi) is 4.63. The van der Waals surface area contributed by atoms with Crippen LogP contribution in [-0.2, 0) is 0 Å². The maximum absolute atomic E-state index is 10.7. The maximum Gasteiger partial charge on any atom is 0.153 e. The number of halogens is 1. The van der Waals surface area contributed by atoms with Crippen LogP contribution in [0.25, 0.3) is 0 Å². The average molecular weight is 227 g/mol. The Hall–Kier alpha value is -1.02. The summed E-state index contributed by atoms with van der Waals surface area (Å²) in [5.74, 6) is 1.07. The number of carbonyl (C=O) groups excluding carboxylic acids is 1. The van der Waals surface area contributed by atoms with Gasteiger partial charge in [-0.15, -0.1) is 0 Å². The zero-order valence-electron chi connectivity index (χ0n) is 9.00. The molecule has 0 atom stereocenters. The summed E-state index contributed by atoms with van der Waals surface area (Å²) >= 11 is 5.94. The van der Waals surface area contributed by atoms with E-state index in [-0.39, 0.29) is 0 Å². The molecule has 1 aromatic carbocycles. The molecule has 0 aliphatic carbocycles. The second-order valence-corrected chi connectivity index (χ2v) is 4.21. The molecule has 82 valence electrons. The molecule has 15 heavy (non-hydrogen) atoms. The molecule has 0 N–H and O–H groups in total. The lowest BCUT2D eigenvalue weighted by Gasteiger charge is -2.11. The number of ether oxygens (including phenoxy) is 1. The van der Waals surface area contributed by atoms with Gasteiger partial charge in [-0.05, 0) is 24.5 Å². The third kappa shape index (κ3) is 3.56. The van der Waals surface area contributed by atoms with Crippen LogP contribution >= 0.6 is 11.6 Å². The van der Waals surface area contributed by atoms with Crippen molar-refractivity contribution in [1.29, 1.82) is 0 Å². The number of benzene rings is 1. The third-order valence-electron chi connectivity index (χ3n) is 2.07. The minimum absolute atomic E-state index is 0.489. The fourth-order valence-corrected chi connectivity index (χ4v) is 1.40. The van der Waals surface area contributed by atoms with Crippen molar-refractivity contribution in [2.45, 2.75) is 20.3 Å². The average Bonchev–Trinajstić information content (AvgIpc) is 2.20. The first kappa shape index (κ1) is 12.1. The van der Waals surface area contributed by atoms with Gasteiger partial charge in [-0.2, -0.15) is 0 Å². The summed E-state index contributed by atoms with van der Waals surface area (Å²) in [4.78, 5) is 10.7. The van der Waals surface area contributed by atoms with Crippen molar-refractivity contribution < 1.29 is 9.53 Å². The van der Waals surface area contributed by atoms with Crippen molar-refractivity contribution in [2.24, 2.45) is 5.92 Å². The Labute approximate surface area is 95.2 Å². The molecule has 3 heteroatoms. The molecule has 0 aromatic heterocycles. The first-order chi connectivity index (χ1) is 7.15. The van der Waals surface area contributed by atoms with E-state index in [0.29, 0.717) is 28.9 Å². The van der Waals surface area contributed by atoms with Gasteiger partial charge >= 0.3 is 0 Å². The van der Waals surface area contributed by atoms with Crippen LogP contribution in [0.2, 0.25) is 5.02 Å². The van der Waals surface area contributed by atoms with E-state index in [4.69, 9.17) is 16.3 Å². The largest absolute Gasteiger partial charge is 0.491 e. The fraction of sp³-hybridized carbons (Fsp3) is 0.417. The molecule has 0 fully saturated rings. The summed E-state index contributed by atoms with van der Waals surface area (Å²) in [6.07, 6.45) is 1.71. The van der Waals surface area contributed by atoms with Crippen molar-refractivity contribution in [3.63, 3.8) is 0 Å². The number of hydrogen-bond donors (Lipinski definition) is 0. The highest BCUT2D eigenvalue weighted by molar-refractivity contribution is 6.32. The SMILES string of the molecule is CC(C)CCOc1c(Cl)cccc1C=O. The normalized spacial score (nSPS) is 10.4. The van der Waals surface area contributed by atoms with E-state index in [1.807, 2.05) is 0 Å². The highest BCUT2D eigenvalue weighted by atomic mass is 35.5. The third-order valence-corrected chi connectivity index (χ3v) is 2.36. The van der Waals surface area contributed by atoms with Crippen LogP contribution in [0, 0.1) is 5.92 Å². The standard InChI is InChI=1S/C12H15ClO2/c1-9(2)6-7-15-12-10(8-14)4-3-5-11(12)13/h3-5,8-9H,6-7H2,1-2H3. The Morgan fingerprint density at radius 3 is 2.80 bits per heavy atom. The van der Waals surface area contributed by atoms with Gasteiger partial charge in [0.2, 0.25) is 0 Å². The van der Waals surface area contributed by atoms with Gasteiger partial charge < -0.3 is 4.74 Å². The van der Waals surface area contributed by atoms with Crippen molar-refractivity contribution >= 4 is 17.9 Å². The first-order valence-electron chi connectivity index (χ1n) is 5.01. The molecule has 0 heterocycles. The van der Waals surface area contributed by atoms with Crippen molar-refractivity contribution in [2.75, 3.05) is 6.61 Å². The lowest BCUT2D eigenvalue weighted by Crippen LogP contribution is -2.03. The van der Waals surface area contributed by atoms with Crippen LogP contribution in [0.1, 0.15) is 30.6 Å². The quantitative estimate of drug-likeness (QED) is 0.718. The number of aldehydes is 1. The number of carbonyl (C=O) groups is 1. The zero-order chi connectivity index (χ0) is 11.3. The molecule has 0 saturated heterocycles. The highest BCUT2D eigenvalue weighted by Gasteiger charge is 2.07. The van der Waals surface area contributed by atoms with Gasteiger partial charge in [0.25, 0.3) is 0 Å². The van der Waals surface area contributed by atoms with Crippen LogP contribution in [-0.4, -0.2) is 12.9 Å². The van der Waals surface area contributed by atoms with Crippen molar-refractivity contribution in [1.82, 2.24) is 0 Å². The number of rotatable bonds is 5. The predicted octanol–water partition coefficient (Wildman–Crippen LogP) is 3.58. The van der Waals surface area contributed by atoms with Crippen LogP contribution in [0.4, 0.5) is 0 Å². The van der Waals surface area contributed by atoms with Crippen LogP contribution in [0.5, 0.6) is 5.75 Å². The fourth-order valence-electron chi connectivity index (χ4n) is 1.17. The van der Waals surface area contributed by atoms with Gasteiger partial charge in [-0.1, -0.05) is 31.5 Å². The van der Waals surface area contributed by atoms with Crippen molar-refractivity contribution in [3.05, 3.63) is 28.8 Å². The summed E-state index contributed by atoms with van der Waals surface area (Å²) < 4.78 is 5.51. The summed E-state index contributed by atoms with van der Waals surface area (Å²) in [6, 6.07) is 5.16. The van der Waals surface area contributed by atoms with E-state index in [2.05, 4.69) is 13.8 Å². The van der Waals surface area contributed by atoms with Gasteiger partial charge in [0, 0.05) is 0 Å². The van der Waals surface area contributed by atoms with Gasteiger partial charge in [0.15, 0.2) is 6.29 Å². The summed E-state index contributed by atoms with van der Waals surface area (Å²) in [7, 11) is 0. The van der Waals surface area contributed by atoms with E-state index in [1.165, 1.54) is 0 Å². The molecule has 0 amide bonds. The van der Waals surface area contributed by atoms with Gasteiger partial charge in [-0.25, -0.2) is 0 Å². The molecule has 0 aliphatic rings. The summed E-state index contributed by atoms with van der Waals surface area (Å²) in [5, 5.41) is 0.489. The molecular formula is C12H15ClO2. The second-order valence-electron chi connectivity index (χ2n) is 3.81. The number of hydrogen-bond acceptors (Lipinski definition) is 2. The van der Waals surface area contributed by atoms with Crippen LogP contribution in [0.15, 0.2) is 18.2 Å². The Morgan fingerprint density at radius 2 is 2.20 bits per heavy atom. The second kappa shape index (κ2) is 5.76. The summed E-state index contributed by atoms with van der Waals surface area (Å²) in [6.45, 7) is 4.83. The summed E-state index contributed by atoms with van der Waals surface area (Å²) in [5.41, 5.74) is 0.506. The van der Waals surface area contributed by atoms with Gasteiger partial charge in [0.05, 0.1) is 17.2 Å². The molecule has 1 rings (SSSR count). The van der Waals surface area contributed by atoms with Crippen molar-refractivity contribution in [3.8, 4) is 5.75 Å². The minimum atomic E-state index is 0.489. The van der Waals surface area contributed by atoms with E-state index in [9.17, 15) is 4.79 Å². The molecule has 0 spiro atoms. The molecule has 0 aliphatic heterocycles. The highest BCUT2D eigenvalue weighted by Crippen LogP contribution is 2.27. The topological polar surface area (TPSA) is 26.3 Å². The van der Waals surface area contributed by atoms with E-state index < -0.39 is 0 Å². The molecule has 1 aromatic rings. The molecule has 0 saturated carbocycles. The smallest absolute Gasteiger partial charge is 0.153 e. The molecule has 2 nitrogen and oxygen atoms in total. The zero-order valence-corrected chi connectivity index (χ0v) is 9.75. The van der Waals surface area contributed by atoms with E-state index in [1.54, 1.807) is 18.2 Å². The van der Waals surface area contributed by atoms with E-state index in [0.717, 1.165) is 12.7 Å². The number of para-hydroxylation sites is 1. The lowest BCUT2D eigenvalue weighted by atomic mass is 10.1. The lowest BCUT2D eigenvalue weighted by molar-refractivity contribution is 0.111. The molecular weight excluding hydrogens is 212 g/mol. The van der Waals surface area contributed by atoms with Crippen LogP contribution < -0.4 is 4.74 Å². The molecule has 0 bridgehead atoms. The van der Waals surface area contributed by atoms with Gasteiger partial charge in [0.1, 0.15) is 5.75 Å².